The molecule has 42 heavy (non-hydrogen) atoms. The fraction of sp³-hybridized carbons (Fsp3) is 0.273. The summed E-state index contributed by atoms with van der Waals surface area (Å²) in [4.78, 5) is 28.7. The Kier molecular flexibility index (Phi) is 8.38. The quantitative estimate of drug-likeness (QED) is 0.164. The predicted octanol–water partition coefficient (Wildman–Crippen LogP) is 7.31. The van der Waals surface area contributed by atoms with Crippen LogP contribution in [0.1, 0.15) is 37.8 Å². The Labute approximate surface area is 241 Å². The summed E-state index contributed by atoms with van der Waals surface area (Å²) in [6.07, 6.45) is -4.07. The third-order valence-corrected chi connectivity index (χ3v) is 7.46. The van der Waals surface area contributed by atoms with E-state index in [4.69, 9.17) is 4.74 Å². The van der Waals surface area contributed by atoms with Crippen molar-refractivity contribution in [3.8, 4) is 11.3 Å². The number of benzene rings is 3. The van der Waals surface area contributed by atoms with Crippen LogP contribution in [0.25, 0.3) is 27.7 Å². The zero-order valence-corrected chi connectivity index (χ0v) is 23.5. The maximum absolute atomic E-state index is 14.0. The van der Waals surface area contributed by atoms with E-state index in [0.29, 0.717) is 23.2 Å². The highest BCUT2D eigenvalue weighted by atomic mass is 19.4. The lowest BCUT2D eigenvalue weighted by atomic mass is 10.1. The number of carbonyl (C=O) groups excluding carboxylic acids is 1. The third kappa shape index (κ3) is 6.05. The molecular weight excluding hydrogens is 543 g/mol. The summed E-state index contributed by atoms with van der Waals surface area (Å²) in [6.45, 7) is 6.10. The molecule has 0 amide bonds. The van der Waals surface area contributed by atoms with Crippen LogP contribution in [0, 0.1) is 0 Å². The number of hydrogen-bond donors (Lipinski definition) is 0. The molecular formula is C33H32F3N3O3. The Morgan fingerprint density at radius 3 is 2.29 bits per heavy atom. The van der Waals surface area contributed by atoms with Crippen LogP contribution >= 0.6 is 0 Å². The van der Waals surface area contributed by atoms with Gasteiger partial charge in [0.25, 0.3) is 0 Å². The monoisotopic (exact) mass is 575 g/mol. The smallest absolute Gasteiger partial charge is 0.416 e. The van der Waals surface area contributed by atoms with E-state index in [0.717, 1.165) is 47.4 Å². The van der Waals surface area contributed by atoms with Gasteiger partial charge in [-0.25, -0.2) is 4.79 Å². The largest absolute Gasteiger partial charge is 0.461 e. The van der Waals surface area contributed by atoms with E-state index in [1.807, 2.05) is 60.7 Å². The van der Waals surface area contributed by atoms with Crippen LogP contribution < -0.4 is 10.6 Å². The van der Waals surface area contributed by atoms with Crippen molar-refractivity contribution in [2.24, 2.45) is 0 Å². The maximum atomic E-state index is 14.0. The topological polar surface area (TPSA) is 56.0 Å². The van der Waals surface area contributed by atoms with Gasteiger partial charge in [0, 0.05) is 37.1 Å². The zero-order valence-electron chi connectivity index (χ0n) is 23.5. The minimum atomic E-state index is -4.47. The Morgan fingerprint density at radius 2 is 1.62 bits per heavy atom. The second kappa shape index (κ2) is 12.1. The van der Waals surface area contributed by atoms with Gasteiger partial charge in [-0.05, 0) is 67.8 Å². The molecule has 2 aromatic heterocycles. The summed E-state index contributed by atoms with van der Waals surface area (Å²) in [6, 6.07) is 23.8. The zero-order chi connectivity index (χ0) is 29.9. The van der Waals surface area contributed by atoms with E-state index in [2.05, 4.69) is 18.7 Å². The molecule has 0 spiro atoms. The molecule has 0 saturated heterocycles. The predicted molar refractivity (Wildman–Crippen MR) is 159 cm³/mol. The number of hydrogen-bond acceptors (Lipinski definition) is 4. The average Bonchev–Trinajstić information content (AvgIpc) is 3.36. The second-order valence-corrected chi connectivity index (χ2v) is 10.1. The van der Waals surface area contributed by atoms with Gasteiger partial charge in [0.1, 0.15) is 6.61 Å². The molecule has 0 radical (unpaired) electrons. The van der Waals surface area contributed by atoms with E-state index in [-0.39, 0.29) is 31.2 Å². The van der Waals surface area contributed by atoms with Crippen LogP contribution in [0.4, 0.5) is 18.9 Å². The number of rotatable bonds is 10. The molecule has 0 fully saturated rings. The summed E-state index contributed by atoms with van der Waals surface area (Å²) in [5, 5.41) is 0.878. The Bertz CT molecular complexity index is 1750. The van der Waals surface area contributed by atoms with Crippen LogP contribution in [0.3, 0.4) is 0 Å². The van der Waals surface area contributed by atoms with Crippen molar-refractivity contribution in [3.63, 3.8) is 0 Å². The van der Waals surface area contributed by atoms with Crippen molar-refractivity contribution in [3.05, 3.63) is 107 Å². The summed E-state index contributed by atoms with van der Waals surface area (Å²) >= 11 is 0. The van der Waals surface area contributed by atoms with E-state index in [1.54, 1.807) is 4.40 Å². The molecule has 0 aliphatic heterocycles. The normalized spacial score (nSPS) is 11.7. The first kappa shape index (κ1) is 29.0. The molecule has 0 unspecified atom stereocenters. The van der Waals surface area contributed by atoms with Crippen molar-refractivity contribution in [1.82, 2.24) is 8.97 Å². The highest BCUT2D eigenvalue weighted by Gasteiger charge is 2.30. The molecule has 0 aliphatic rings. The Morgan fingerprint density at radius 1 is 0.905 bits per heavy atom. The third-order valence-electron chi connectivity index (χ3n) is 7.46. The number of ether oxygens (including phenoxy) is 1. The minimum Gasteiger partial charge on any atom is -0.461 e. The Balaban J connectivity index is 1.51. The number of aromatic nitrogens is 2. The fourth-order valence-corrected chi connectivity index (χ4v) is 5.23. The SMILES string of the molecule is CCN(CC)c1ccc2cc3cc(-c4ccc(C(F)(F)F)cc4)n(CCCC(=O)OCc4ccccc4)c(=O)n3c2c1. The van der Waals surface area contributed by atoms with Crippen LogP contribution in [0.15, 0.2) is 89.7 Å². The Hall–Kier alpha value is -4.53. The average molecular weight is 576 g/mol. The molecule has 5 aromatic rings. The lowest BCUT2D eigenvalue weighted by Crippen LogP contribution is -2.28. The van der Waals surface area contributed by atoms with E-state index in [9.17, 15) is 22.8 Å². The van der Waals surface area contributed by atoms with Crippen molar-refractivity contribution < 1.29 is 22.7 Å². The standard InChI is InChI=1S/C33H32F3N3O3/c1-3-37(4-2)27-17-14-25-19-28-21-29(24-12-15-26(16-13-24)33(34,35)36)38(32(41)39(28)30(25)20-27)18-8-11-31(40)42-22-23-9-6-5-7-10-23/h5-7,9-10,12-17,19-21H,3-4,8,11,18,22H2,1-2H3. The molecule has 5 rings (SSSR count). The summed E-state index contributed by atoms with van der Waals surface area (Å²) in [7, 11) is 0. The second-order valence-electron chi connectivity index (χ2n) is 10.1. The van der Waals surface area contributed by atoms with Crippen molar-refractivity contribution in [2.45, 2.75) is 46.0 Å². The first-order valence-electron chi connectivity index (χ1n) is 14.0. The van der Waals surface area contributed by atoms with Gasteiger partial charge in [-0.1, -0.05) is 48.5 Å². The van der Waals surface area contributed by atoms with Crippen LogP contribution in [0.2, 0.25) is 0 Å². The first-order chi connectivity index (χ1) is 20.2. The van der Waals surface area contributed by atoms with Crippen molar-refractivity contribution in [2.75, 3.05) is 18.0 Å². The minimum absolute atomic E-state index is 0.0856. The highest BCUT2D eigenvalue weighted by Crippen LogP contribution is 2.32. The molecule has 0 aliphatic carbocycles. The van der Waals surface area contributed by atoms with Gasteiger partial charge in [0.15, 0.2) is 0 Å². The summed E-state index contributed by atoms with van der Waals surface area (Å²) < 4.78 is 48.3. The number of fused-ring (bicyclic) bond motifs is 3. The molecule has 6 nitrogen and oxygen atoms in total. The lowest BCUT2D eigenvalue weighted by molar-refractivity contribution is -0.145. The molecule has 2 heterocycles. The van der Waals surface area contributed by atoms with E-state index >= 15 is 0 Å². The summed E-state index contributed by atoms with van der Waals surface area (Å²) in [5.41, 5.74) is 3.11. The molecule has 0 saturated carbocycles. The molecule has 218 valence electrons. The number of anilines is 1. The first-order valence-corrected chi connectivity index (χ1v) is 14.0. The fourth-order valence-electron chi connectivity index (χ4n) is 5.23. The maximum Gasteiger partial charge on any atom is 0.416 e. The van der Waals surface area contributed by atoms with Crippen molar-refractivity contribution >= 4 is 28.1 Å². The summed E-state index contributed by atoms with van der Waals surface area (Å²) in [5.74, 6) is -0.390. The molecule has 9 heteroatoms. The highest BCUT2D eigenvalue weighted by molar-refractivity contribution is 5.90. The van der Waals surface area contributed by atoms with Gasteiger partial charge >= 0.3 is 17.8 Å². The van der Waals surface area contributed by atoms with Gasteiger partial charge in [-0.15, -0.1) is 0 Å². The van der Waals surface area contributed by atoms with Gasteiger partial charge < -0.3 is 9.64 Å². The van der Waals surface area contributed by atoms with E-state index in [1.165, 1.54) is 16.7 Å². The number of nitrogens with zero attached hydrogens (tertiary/aromatic N) is 3. The van der Waals surface area contributed by atoms with Crippen LogP contribution in [-0.4, -0.2) is 28.0 Å². The van der Waals surface area contributed by atoms with Crippen LogP contribution in [0.5, 0.6) is 0 Å². The van der Waals surface area contributed by atoms with Gasteiger partial charge in [0.05, 0.1) is 22.3 Å². The van der Waals surface area contributed by atoms with Gasteiger partial charge in [-0.2, -0.15) is 13.2 Å². The van der Waals surface area contributed by atoms with Gasteiger partial charge in [-0.3, -0.25) is 13.8 Å². The molecule has 0 atom stereocenters. The van der Waals surface area contributed by atoms with E-state index < -0.39 is 11.7 Å². The van der Waals surface area contributed by atoms with Gasteiger partial charge in [0.2, 0.25) is 0 Å². The number of halogens is 3. The lowest BCUT2D eigenvalue weighted by Gasteiger charge is -2.21. The molecule has 0 N–H and O–H groups in total. The van der Waals surface area contributed by atoms with Crippen LogP contribution in [-0.2, 0) is 28.9 Å². The molecule has 3 aromatic carbocycles. The number of esters is 1. The van der Waals surface area contributed by atoms with Crippen molar-refractivity contribution in [1.29, 1.82) is 0 Å². The number of carbonyl (C=O) groups is 1. The molecule has 0 bridgehead atoms. The number of alkyl halides is 3.